The maximum Gasteiger partial charge on any atom is 0.354 e. The zero-order valence-corrected chi connectivity index (χ0v) is 9.21. The van der Waals surface area contributed by atoms with Gasteiger partial charge in [0.15, 0.2) is 11.3 Å². The van der Waals surface area contributed by atoms with Crippen molar-refractivity contribution in [3.8, 4) is 0 Å². The fraction of sp³-hybridized carbons (Fsp3) is 0. The fourth-order valence-electron chi connectivity index (χ4n) is 1.29. The molecule has 16 heavy (non-hydrogen) atoms. The van der Waals surface area contributed by atoms with Gasteiger partial charge in [-0.25, -0.2) is 9.78 Å². The summed E-state index contributed by atoms with van der Waals surface area (Å²) in [6.07, 6.45) is 2.27. The molecule has 0 aliphatic carbocycles. The Kier molecular flexibility index (Phi) is 2.35. The summed E-state index contributed by atoms with van der Waals surface area (Å²) in [6, 6.07) is 1.27. The van der Waals surface area contributed by atoms with Crippen molar-refractivity contribution in [1.29, 1.82) is 0 Å². The van der Waals surface area contributed by atoms with Crippen LogP contribution < -0.4 is 0 Å². The molecule has 2 heterocycles. The molecule has 0 fully saturated rings. The summed E-state index contributed by atoms with van der Waals surface area (Å²) in [4.78, 5) is 24.7. The number of fused-ring (bicyclic) bond motifs is 1. The van der Waals surface area contributed by atoms with E-state index in [0.29, 0.717) is 10.1 Å². The standard InChI is InChI=1S/C8H4BrN3O4/c9-5-1-4(12(15)16)3-11-6(8(13)14)2-10-7(5)11/h1-3H,(H,13,14). The first-order chi connectivity index (χ1) is 7.50. The third-order valence-corrected chi connectivity index (χ3v) is 2.56. The number of carbonyl (C=O) groups is 1. The number of aromatic carboxylic acids is 1. The average Bonchev–Trinajstić information content (AvgIpc) is 2.61. The summed E-state index contributed by atoms with van der Waals surface area (Å²) in [5, 5.41) is 19.4. The maximum atomic E-state index is 10.8. The Labute approximate surface area is 96.6 Å². The van der Waals surface area contributed by atoms with Crippen LogP contribution in [0.3, 0.4) is 0 Å². The first-order valence-electron chi connectivity index (χ1n) is 4.05. The number of imidazole rings is 1. The van der Waals surface area contributed by atoms with Gasteiger partial charge in [-0.15, -0.1) is 0 Å². The van der Waals surface area contributed by atoms with Crippen molar-refractivity contribution < 1.29 is 14.8 Å². The number of pyridine rings is 1. The third kappa shape index (κ3) is 1.52. The van der Waals surface area contributed by atoms with Gasteiger partial charge in [-0.05, 0) is 15.9 Å². The van der Waals surface area contributed by atoms with E-state index in [1.54, 1.807) is 0 Å². The lowest BCUT2D eigenvalue weighted by Gasteiger charge is -1.99. The molecule has 2 aromatic rings. The number of aromatic nitrogens is 2. The molecule has 0 unspecified atom stereocenters. The van der Waals surface area contributed by atoms with E-state index in [9.17, 15) is 14.9 Å². The van der Waals surface area contributed by atoms with Gasteiger partial charge in [-0.3, -0.25) is 14.5 Å². The van der Waals surface area contributed by atoms with Crippen molar-refractivity contribution in [3.05, 3.63) is 38.7 Å². The summed E-state index contributed by atoms with van der Waals surface area (Å²) in [5.41, 5.74) is -0.0118. The van der Waals surface area contributed by atoms with Gasteiger partial charge in [0.05, 0.1) is 21.8 Å². The predicted octanol–water partition coefficient (Wildman–Crippen LogP) is 1.70. The number of carboxylic acids is 1. The molecule has 0 radical (unpaired) electrons. The van der Waals surface area contributed by atoms with E-state index in [2.05, 4.69) is 20.9 Å². The van der Waals surface area contributed by atoms with Crippen molar-refractivity contribution in [2.75, 3.05) is 0 Å². The van der Waals surface area contributed by atoms with Crippen LogP contribution in [0, 0.1) is 10.1 Å². The molecule has 0 spiro atoms. The second kappa shape index (κ2) is 3.56. The summed E-state index contributed by atoms with van der Waals surface area (Å²) >= 11 is 3.10. The normalized spacial score (nSPS) is 10.6. The quantitative estimate of drug-likeness (QED) is 0.669. The lowest BCUT2D eigenvalue weighted by Crippen LogP contribution is -2.02. The molecule has 1 N–H and O–H groups in total. The second-order valence-electron chi connectivity index (χ2n) is 2.95. The van der Waals surface area contributed by atoms with Gasteiger partial charge >= 0.3 is 5.97 Å². The molecule has 0 atom stereocenters. The Balaban J connectivity index is 2.81. The van der Waals surface area contributed by atoms with Crippen LogP contribution in [0.1, 0.15) is 10.5 Å². The topological polar surface area (TPSA) is 97.7 Å². The molecule has 8 heteroatoms. The van der Waals surface area contributed by atoms with Crippen LogP contribution in [0.4, 0.5) is 5.69 Å². The monoisotopic (exact) mass is 285 g/mol. The van der Waals surface area contributed by atoms with Crippen LogP contribution in [0.15, 0.2) is 22.9 Å². The average molecular weight is 286 g/mol. The predicted molar refractivity (Wildman–Crippen MR) is 56.5 cm³/mol. The molecule has 2 rings (SSSR count). The van der Waals surface area contributed by atoms with Gasteiger partial charge in [-0.1, -0.05) is 0 Å². The molecule has 0 saturated heterocycles. The molecule has 0 aliphatic rings. The van der Waals surface area contributed by atoms with Crippen molar-refractivity contribution >= 4 is 33.2 Å². The molecule has 0 amide bonds. The summed E-state index contributed by atoms with van der Waals surface area (Å²) in [7, 11) is 0. The Morgan fingerprint density at radius 2 is 2.31 bits per heavy atom. The molecule has 0 bridgehead atoms. The summed E-state index contributed by atoms with van der Waals surface area (Å²) in [6.45, 7) is 0. The van der Waals surface area contributed by atoms with Gasteiger partial charge in [0.2, 0.25) is 0 Å². The van der Waals surface area contributed by atoms with E-state index in [4.69, 9.17) is 5.11 Å². The molecule has 0 aromatic carbocycles. The van der Waals surface area contributed by atoms with E-state index in [1.807, 2.05) is 0 Å². The minimum absolute atomic E-state index is 0.126. The minimum atomic E-state index is -1.19. The Hall–Kier alpha value is -1.96. The zero-order chi connectivity index (χ0) is 11.9. The highest BCUT2D eigenvalue weighted by molar-refractivity contribution is 9.10. The minimum Gasteiger partial charge on any atom is -0.477 e. The number of nitrogens with zero attached hydrogens (tertiary/aromatic N) is 3. The summed E-state index contributed by atoms with van der Waals surface area (Å²) < 4.78 is 1.53. The lowest BCUT2D eigenvalue weighted by molar-refractivity contribution is -0.385. The van der Waals surface area contributed by atoms with E-state index in [1.165, 1.54) is 6.07 Å². The van der Waals surface area contributed by atoms with Crippen LogP contribution in [0.2, 0.25) is 0 Å². The highest BCUT2D eigenvalue weighted by atomic mass is 79.9. The van der Waals surface area contributed by atoms with Crippen LogP contribution in [0.5, 0.6) is 0 Å². The first kappa shape index (κ1) is 10.6. The molecule has 82 valence electrons. The van der Waals surface area contributed by atoms with Gasteiger partial charge in [0.25, 0.3) is 5.69 Å². The maximum absolute atomic E-state index is 10.8. The molecule has 0 aliphatic heterocycles. The Bertz CT molecular complexity index is 607. The highest BCUT2D eigenvalue weighted by Crippen LogP contribution is 2.24. The number of hydrogen-bond acceptors (Lipinski definition) is 4. The number of carboxylic acid groups (broad SMARTS) is 1. The number of halogens is 1. The van der Waals surface area contributed by atoms with Gasteiger partial charge in [0, 0.05) is 6.07 Å². The van der Waals surface area contributed by atoms with Crippen LogP contribution in [-0.2, 0) is 0 Å². The Morgan fingerprint density at radius 1 is 1.62 bits per heavy atom. The lowest BCUT2D eigenvalue weighted by atomic mass is 10.4. The van der Waals surface area contributed by atoms with Crippen LogP contribution >= 0.6 is 15.9 Å². The number of nitro groups is 1. The van der Waals surface area contributed by atoms with E-state index < -0.39 is 10.9 Å². The van der Waals surface area contributed by atoms with Crippen molar-refractivity contribution in [2.24, 2.45) is 0 Å². The van der Waals surface area contributed by atoms with E-state index >= 15 is 0 Å². The van der Waals surface area contributed by atoms with Gasteiger partial charge < -0.3 is 5.11 Å². The first-order valence-corrected chi connectivity index (χ1v) is 4.84. The number of rotatable bonds is 2. The van der Waals surface area contributed by atoms with Crippen LogP contribution in [0.25, 0.3) is 5.65 Å². The summed E-state index contributed by atoms with van der Waals surface area (Å²) in [5.74, 6) is -1.19. The van der Waals surface area contributed by atoms with Crippen LogP contribution in [-0.4, -0.2) is 25.4 Å². The Morgan fingerprint density at radius 3 is 2.88 bits per heavy atom. The van der Waals surface area contributed by atoms with Gasteiger partial charge in [0.1, 0.15) is 0 Å². The molecule has 0 saturated carbocycles. The highest BCUT2D eigenvalue weighted by Gasteiger charge is 2.16. The van der Waals surface area contributed by atoms with E-state index in [0.717, 1.165) is 16.8 Å². The molecular weight excluding hydrogens is 282 g/mol. The number of hydrogen-bond donors (Lipinski definition) is 1. The molecule has 7 nitrogen and oxygen atoms in total. The van der Waals surface area contributed by atoms with Crippen molar-refractivity contribution in [3.63, 3.8) is 0 Å². The third-order valence-electron chi connectivity index (χ3n) is 1.98. The van der Waals surface area contributed by atoms with Crippen molar-refractivity contribution in [1.82, 2.24) is 9.38 Å². The second-order valence-corrected chi connectivity index (χ2v) is 3.80. The molecule has 2 aromatic heterocycles. The van der Waals surface area contributed by atoms with Crippen molar-refractivity contribution in [2.45, 2.75) is 0 Å². The fourth-order valence-corrected chi connectivity index (χ4v) is 1.82. The largest absolute Gasteiger partial charge is 0.477 e. The zero-order valence-electron chi connectivity index (χ0n) is 7.62. The van der Waals surface area contributed by atoms with Gasteiger partial charge in [-0.2, -0.15) is 0 Å². The SMILES string of the molecule is O=C(O)c1cnc2c(Br)cc([N+](=O)[O-])cn12. The molecular formula is C8H4BrN3O4. The van der Waals surface area contributed by atoms with E-state index in [-0.39, 0.29) is 11.4 Å². The smallest absolute Gasteiger partial charge is 0.354 e.